The van der Waals surface area contributed by atoms with Crippen molar-refractivity contribution in [1.29, 1.82) is 0 Å². The van der Waals surface area contributed by atoms with Crippen molar-refractivity contribution in [2.75, 3.05) is 5.32 Å². The highest BCUT2D eigenvalue weighted by molar-refractivity contribution is 6.03. The van der Waals surface area contributed by atoms with Crippen LogP contribution >= 0.6 is 0 Å². The molecule has 3 rings (SSSR count). The average Bonchev–Trinajstić information content (AvgIpc) is 3.09. The van der Waals surface area contributed by atoms with E-state index < -0.39 is 0 Å². The van der Waals surface area contributed by atoms with Crippen LogP contribution in [-0.4, -0.2) is 25.9 Å². The molecule has 1 amide bonds. The quantitative estimate of drug-likeness (QED) is 0.762. The monoisotopic (exact) mass is 267 g/mol. The Morgan fingerprint density at radius 1 is 1.30 bits per heavy atom. The number of aromatic nitrogens is 4. The molecule has 1 aromatic carbocycles. The summed E-state index contributed by atoms with van der Waals surface area (Å²) >= 11 is 0. The maximum atomic E-state index is 12.0. The van der Waals surface area contributed by atoms with Gasteiger partial charge in [-0.15, -0.1) is 0 Å². The molecular weight excluding hydrogens is 254 g/mol. The lowest BCUT2D eigenvalue weighted by molar-refractivity contribution is 0.102. The number of benzene rings is 1. The molecule has 0 aliphatic rings. The van der Waals surface area contributed by atoms with E-state index in [-0.39, 0.29) is 5.91 Å². The number of anilines is 1. The molecule has 0 saturated heterocycles. The zero-order valence-electron chi connectivity index (χ0n) is 10.9. The minimum atomic E-state index is -0.232. The van der Waals surface area contributed by atoms with Gasteiger partial charge in [0.2, 0.25) is 0 Å². The molecule has 0 bridgehead atoms. The second kappa shape index (κ2) is 5.00. The molecule has 20 heavy (non-hydrogen) atoms. The van der Waals surface area contributed by atoms with Gasteiger partial charge in [0, 0.05) is 19.3 Å². The van der Waals surface area contributed by atoms with Crippen molar-refractivity contribution in [3.05, 3.63) is 54.4 Å². The first-order chi connectivity index (χ1) is 9.72. The van der Waals surface area contributed by atoms with Crippen molar-refractivity contribution in [2.24, 2.45) is 7.05 Å². The van der Waals surface area contributed by atoms with Gasteiger partial charge < -0.3 is 5.32 Å². The Balaban J connectivity index is 1.76. The van der Waals surface area contributed by atoms with Crippen LogP contribution < -0.4 is 5.32 Å². The van der Waals surface area contributed by atoms with Crippen LogP contribution in [0.1, 0.15) is 10.4 Å². The largest absolute Gasteiger partial charge is 0.305 e. The highest BCUT2D eigenvalue weighted by atomic mass is 16.1. The SMILES string of the molecule is Cn1cc(C(=O)Nc2cc(-c3ccccc3)[nH]n2)cn1. The van der Waals surface area contributed by atoms with E-state index in [4.69, 9.17) is 0 Å². The predicted molar refractivity (Wildman–Crippen MR) is 75.2 cm³/mol. The summed E-state index contributed by atoms with van der Waals surface area (Å²) in [7, 11) is 1.76. The summed E-state index contributed by atoms with van der Waals surface area (Å²) in [5.41, 5.74) is 2.37. The van der Waals surface area contributed by atoms with E-state index in [2.05, 4.69) is 20.6 Å². The molecule has 100 valence electrons. The van der Waals surface area contributed by atoms with Gasteiger partial charge in [-0.2, -0.15) is 10.2 Å². The second-order valence-corrected chi connectivity index (χ2v) is 4.39. The molecule has 0 unspecified atom stereocenters. The highest BCUT2D eigenvalue weighted by Crippen LogP contribution is 2.19. The van der Waals surface area contributed by atoms with Crippen LogP contribution in [0.3, 0.4) is 0 Å². The maximum absolute atomic E-state index is 12.0. The third kappa shape index (κ3) is 2.44. The Bertz CT molecular complexity index is 729. The van der Waals surface area contributed by atoms with Crippen LogP contribution in [-0.2, 0) is 7.05 Å². The zero-order valence-corrected chi connectivity index (χ0v) is 10.9. The van der Waals surface area contributed by atoms with E-state index in [0.717, 1.165) is 11.3 Å². The van der Waals surface area contributed by atoms with Gasteiger partial charge in [-0.05, 0) is 5.56 Å². The Kier molecular flexibility index (Phi) is 3.04. The first-order valence-corrected chi connectivity index (χ1v) is 6.13. The number of nitrogens with zero attached hydrogens (tertiary/aromatic N) is 3. The Morgan fingerprint density at radius 2 is 2.10 bits per heavy atom. The lowest BCUT2D eigenvalue weighted by Gasteiger charge is -1.97. The number of carbonyl (C=O) groups is 1. The standard InChI is InChI=1S/C14H13N5O/c1-19-9-11(8-15-19)14(20)16-13-7-12(17-18-13)10-5-3-2-4-6-10/h2-9H,1H3,(H2,16,17,18,20). The molecular formula is C14H13N5O. The first kappa shape index (κ1) is 12.2. The number of hydrogen-bond acceptors (Lipinski definition) is 3. The summed E-state index contributed by atoms with van der Waals surface area (Å²) in [6, 6.07) is 11.6. The molecule has 2 N–H and O–H groups in total. The Hall–Kier alpha value is -2.89. The van der Waals surface area contributed by atoms with Crippen LogP contribution in [0.2, 0.25) is 0 Å². The lowest BCUT2D eigenvalue weighted by Crippen LogP contribution is -2.11. The smallest absolute Gasteiger partial charge is 0.260 e. The lowest BCUT2D eigenvalue weighted by atomic mass is 10.1. The molecule has 2 aromatic heterocycles. The molecule has 0 radical (unpaired) electrons. The van der Waals surface area contributed by atoms with Crippen molar-refractivity contribution in [2.45, 2.75) is 0 Å². The molecule has 2 heterocycles. The fourth-order valence-corrected chi connectivity index (χ4v) is 1.88. The number of aromatic amines is 1. The van der Waals surface area contributed by atoms with Crippen molar-refractivity contribution in [3.8, 4) is 11.3 Å². The van der Waals surface area contributed by atoms with E-state index in [0.29, 0.717) is 11.4 Å². The fourth-order valence-electron chi connectivity index (χ4n) is 1.88. The fraction of sp³-hybridized carbons (Fsp3) is 0.0714. The van der Waals surface area contributed by atoms with Gasteiger partial charge in [-0.3, -0.25) is 14.6 Å². The number of H-pyrrole nitrogens is 1. The topological polar surface area (TPSA) is 75.6 Å². The molecule has 0 aliphatic carbocycles. The van der Waals surface area contributed by atoms with Crippen molar-refractivity contribution >= 4 is 11.7 Å². The number of carbonyl (C=O) groups excluding carboxylic acids is 1. The van der Waals surface area contributed by atoms with Crippen molar-refractivity contribution in [1.82, 2.24) is 20.0 Å². The summed E-state index contributed by atoms with van der Waals surface area (Å²) in [5, 5.41) is 13.7. The third-order valence-corrected chi connectivity index (χ3v) is 2.87. The van der Waals surface area contributed by atoms with E-state index >= 15 is 0 Å². The summed E-state index contributed by atoms with van der Waals surface area (Å²) in [6.07, 6.45) is 3.17. The number of nitrogens with one attached hydrogen (secondary N) is 2. The van der Waals surface area contributed by atoms with Crippen LogP contribution in [0, 0.1) is 0 Å². The van der Waals surface area contributed by atoms with Gasteiger partial charge in [0.25, 0.3) is 5.91 Å². The van der Waals surface area contributed by atoms with Gasteiger partial charge in [-0.1, -0.05) is 30.3 Å². The normalized spacial score (nSPS) is 10.4. The van der Waals surface area contributed by atoms with Gasteiger partial charge in [0.1, 0.15) is 0 Å². The molecule has 6 nitrogen and oxygen atoms in total. The second-order valence-electron chi connectivity index (χ2n) is 4.39. The summed E-state index contributed by atoms with van der Waals surface area (Å²) in [5.74, 6) is 0.252. The van der Waals surface area contributed by atoms with Crippen molar-refractivity contribution < 1.29 is 4.79 Å². The Morgan fingerprint density at radius 3 is 2.80 bits per heavy atom. The summed E-state index contributed by atoms with van der Waals surface area (Å²) < 4.78 is 1.58. The number of rotatable bonds is 3. The van der Waals surface area contributed by atoms with Crippen LogP contribution in [0.25, 0.3) is 11.3 Å². The van der Waals surface area contributed by atoms with E-state index in [1.807, 2.05) is 30.3 Å². The van der Waals surface area contributed by atoms with Gasteiger partial charge in [0.15, 0.2) is 5.82 Å². The molecule has 3 aromatic rings. The van der Waals surface area contributed by atoms with Crippen LogP contribution in [0.15, 0.2) is 48.8 Å². The molecule has 6 heteroatoms. The minimum absolute atomic E-state index is 0.232. The maximum Gasteiger partial charge on any atom is 0.260 e. The molecule has 0 aliphatic heterocycles. The minimum Gasteiger partial charge on any atom is -0.305 e. The molecule has 0 atom stereocenters. The summed E-state index contributed by atoms with van der Waals surface area (Å²) in [4.78, 5) is 12.0. The third-order valence-electron chi connectivity index (χ3n) is 2.87. The van der Waals surface area contributed by atoms with Crippen LogP contribution in [0.5, 0.6) is 0 Å². The first-order valence-electron chi connectivity index (χ1n) is 6.13. The molecule has 0 spiro atoms. The average molecular weight is 267 g/mol. The summed E-state index contributed by atoms with van der Waals surface area (Å²) in [6.45, 7) is 0. The molecule has 0 saturated carbocycles. The number of amides is 1. The van der Waals surface area contributed by atoms with E-state index in [9.17, 15) is 4.79 Å². The predicted octanol–water partition coefficient (Wildman–Crippen LogP) is 2.06. The van der Waals surface area contributed by atoms with Gasteiger partial charge >= 0.3 is 0 Å². The molecule has 0 fully saturated rings. The Labute approximate surface area is 115 Å². The van der Waals surface area contributed by atoms with E-state index in [1.54, 1.807) is 24.0 Å². The van der Waals surface area contributed by atoms with Crippen LogP contribution in [0.4, 0.5) is 5.82 Å². The number of aryl methyl sites for hydroxylation is 1. The van der Waals surface area contributed by atoms with Crippen molar-refractivity contribution in [3.63, 3.8) is 0 Å². The van der Waals surface area contributed by atoms with Gasteiger partial charge in [0.05, 0.1) is 17.5 Å². The number of hydrogen-bond donors (Lipinski definition) is 2. The van der Waals surface area contributed by atoms with E-state index in [1.165, 1.54) is 6.20 Å². The highest BCUT2D eigenvalue weighted by Gasteiger charge is 2.10. The zero-order chi connectivity index (χ0) is 13.9. The van der Waals surface area contributed by atoms with Gasteiger partial charge in [-0.25, -0.2) is 0 Å².